The number of hydrogen-bond donors (Lipinski definition) is 1. The molecule has 1 N–H and O–H groups in total. The van der Waals surface area contributed by atoms with E-state index in [-0.39, 0.29) is 0 Å². The van der Waals surface area contributed by atoms with E-state index in [1.807, 2.05) is 6.92 Å². The molecule has 0 amide bonds. The molecule has 0 atom stereocenters. The standard InChI is InChI=1S/C9H19NO/c1-8(2)10-6-4-9(3,11)5-7-10/h8,11H,4-7H2,1-3H3. The molecule has 0 aliphatic carbocycles. The Morgan fingerprint density at radius 3 is 2.09 bits per heavy atom. The highest BCUT2D eigenvalue weighted by Gasteiger charge is 2.27. The molecule has 0 saturated carbocycles. The highest BCUT2D eigenvalue weighted by atomic mass is 16.3. The monoisotopic (exact) mass is 157 g/mol. The molecule has 2 heteroatoms. The van der Waals surface area contributed by atoms with E-state index >= 15 is 0 Å². The molecule has 0 unspecified atom stereocenters. The zero-order chi connectivity index (χ0) is 8.48. The summed E-state index contributed by atoms with van der Waals surface area (Å²) < 4.78 is 0. The largest absolute Gasteiger partial charge is 0.390 e. The van der Waals surface area contributed by atoms with Crippen molar-refractivity contribution in [2.75, 3.05) is 13.1 Å². The maximum atomic E-state index is 9.65. The van der Waals surface area contributed by atoms with E-state index in [1.165, 1.54) is 0 Å². The van der Waals surface area contributed by atoms with Gasteiger partial charge in [-0.1, -0.05) is 0 Å². The summed E-state index contributed by atoms with van der Waals surface area (Å²) in [6.45, 7) is 8.44. The van der Waals surface area contributed by atoms with E-state index < -0.39 is 5.60 Å². The maximum absolute atomic E-state index is 9.65. The van der Waals surface area contributed by atoms with Crippen LogP contribution in [0.3, 0.4) is 0 Å². The van der Waals surface area contributed by atoms with E-state index in [2.05, 4.69) is 18.7 Å². The van der Waals surface area contributed by atoms with E-state index in [0.717, 1.165) is 25.9 Å². The highest BCUT2D eigenvalue weighted by molar-refractivity contribution is 4.82. The lowest BCUT2D eigenvalue weighted by atomic mass is 9.93. The fraction of sp³-hybridized carbons (Fsp3) is 1.00. The minimum absolute atomic E-state index is 0.397. The van der Waals surface area contributed by atoms with Crippen LogP contribution in [0.15, 0.2) is 0 Å². The minimum atomic E-state index is -0.397. The topological polar surface area (TPSA) is 23.5 Å². The summed E-state index contributed by atoms with van der Waals surface area (Å²) in [6, 6.07) is 0.631. The maximum Gasteiger partial charge on any atom is 0.0644 e. The third-order valence-corrected chi connectivity index (χ3v) is 2.61. The molecule has 1 aliphatic heterocycles. The molecule has 1 rings (SSSR count). The second kappa shape index (κ2) is 3.11. The fourth-order valence-corrected chi connectivity index (χ4v) is 1.52. The Hall–Kier alpha value is -0.0800. The van der Waals surface area contributed by atoms with Crippen LogP contribution in [0, 0.1) is 0 Å². The van der Waals surface area contributed by atoms with Crippen LogP contribution in [-0.4, -0.2) is 34.7 Å². The Balaban J connectivity index is 2.36. The van der Waals surface area contributed by atoms with Crippen LogP contribution in [0.4, 0.5) is 0 Å². The number of likely N-dealkylation sites (tertiary alicyclic amines) is 1. The molecule has 0 aromatic rings. The van der Waals surface area contributed by atoms with Crippen molar-refractivity contribution in [3.63, 3.8) is 0 Å². The van der Waals surface area contributed by atoms with Gasteiger partial charge in [-0.05, 0) is 33.6 Å². The van der Waals surface area contributed by atoms with Crippen LogP contribution in [0.5, 0.6) is 0 Å². The summed E-state index contributed by atoms with van der Waals surface area (Å²) in [5.74, 6) is 0. The lowest BCUT2D eigenvalue weighted by molar-refractivity contribution is -0.0126. The van der Waals surface area contributed by atoms with Gasteiger partial charge in [0, 0.05) is 19.1 Å². The number of hydrogen-bond acceptors (Lipinski definition) is 2. The van der Waals surface area contributed by atoms with Gasteiger partial charge in [-0.2, -0.15) is 0 Å². The van der Waals surface area contributed by atoms with Gasteiger partial charge in [-0.15, -0.1) is 0 Å². The molecule has 11 heavy (non-hydrogen) atoms. The molecule has 0 bridgehead atoms. The van der Waals surface area contributed by atoms with Gasteiger partial charge in [-0.25, -0.2) is 0 Å². The van der Waals surface area contributed by atoms with Gasteiger partial charge in [-0.3, -0.25) is 0 Å². The fourth-order valence-electron chi connectivity index (χ4n) is 1.52. The molecule has 0 aromatic carbocycles. The van der Waals surface area contributed by atoms with Crippen molar-refractivity contribution in [2.24, 2.45) is 0 Å². The number of piperidine rings is 1. The first-order chi connectivity index (χ1) is 5.01. The van der Waals surface area contributed by atoms with Gasteiger partial charge >= 0.3 is 0 Å². The molecular formula is C9H19NO. The van der Waals surface area contributed by atoms with E-state index in [9.17, 15) is 5.11 Å². The smallest absolute Gasteiger partial charge is 0.0644 e. The predicted octanol–water partition coefficient (Wildman–Crippen LogP) is 1.24. The van der Waals surface area contributed by atoms with Gasteiger partial charge in [0.15, 0.2) is 0 Å². The van der Waals surface area contributed by atoms with Gasteiger partial charge in [0.2, 0.25) is 0 Å². The number of aliphatic hydroxyl groups is 1. The lowest BCUT2D eigenvalue weighted by Crippen LogP contribution is -2.45. The van der Waals surface area contributed by atoms with Crippen LogP contribution in [-0.2, 0) is 0 Å². The molecule has 0 radical (unpaired) electrons. The summed E-state index contributed by atoms with van der Waals surface area (Å²) in [5.41, 5.74) is -0.397. The Morgan fingerprint density at radius 2 is 1.73 bits per heavy atom. The van der Waals surface area contributed by atoms with Crippen LogP contribution < -0.4 is 0 Å². The van der Waals surface area contributed by atoms with Crippen molar-refractivity contribution in [3.8, 4) is 0 Å². The Bertz CT molecular complexity index is 122. The molecular weight excluding hydrogens is 138 g/mol. The van der Waals surface area contributed by atoms with Crippen molar-refractivity contribution >= 4 is 0 Å². The Kier molecular flexibility index (Phi) is 2.55. The van der Waals surface area contributed by atoms with Crippen molar-refractivity contribution < 1.29 is 5.11 Å². The summed E-state index contributed by atoms with van der Waals surface area (Å²) in [5, 5.41) is 9.65. The van der Waals surface area contributed by atoms with Gasteiger partial charge in [0.05, 0.1) is 5.60 Å². The van der Waals surface area contributed by atoms with Crippen LogP contribution in [0.25, 0.3) is 0 Å². The van der Waals surface area contributed by atoms with Crippen molar-refractivity contribution in [1.82, 2.24) is 4.90 Å². The number of nitrogens with zero attached hydrogens (tertiary/aromatic N) is 1. The molecule has 1 saturated heterocycles. The SMILES string of the molecule is CC(C)N1CCC(C)(O)CC1. The van der Waals surface area contributed by atoms with Crippen molar-refractivity contribution in [2.45, 2.75) is 45.3 Å². The summed E-state index contributed by atoms with van der Waals surface area (Å²) in [6.07, 6.45) is 1.84. The zero-order valence-electron chi connectivity index (χ0n) is 7.80. The van der Waals surface area contributed by atoms with Crippen LogP contribution in [0.1, 0.15) is 33.6 Å². The second-order valence-corrected chi connectivity index (χ2v) is 4.13. The first-order valence-corrected chi connectivity index (χ1v) is 4.48. The van der Waals surface area contributed by atoms with Crippen molar-refractivity contribution in [3.05, 3.63) is 0 Å². The quantitative estimate of drug-likeness (QED) is 0.619. The first-order valence-electron chi connectivity index (χ1n) is 4.48. The van der Waals surface area contributed by atoms with Crippen LogP contribution >= 0.6 is 0 Å². The summed E-state index contributed by atoms with van der Waals surface area (Å²) in [4.78, 5) is 2.41. The normalized spacial score (nSPS) is 25.9. The molecule has 66 valence electrons. The second-order valence-electron chi connectivity index (χ2n) is 4.13. The average molecular weight is 157 g/mol. The molecule has 0 aromatic heterocycles. The average Bonchev–Trinajstić information content (AvgIpc) is 1.86. The van der Waals surface area contributed by atoms with E-state index in [1.54, 1.807) is 0 Å². The summed E-state index contributed by atoms with van der Waals surface area (Å²) in [7, 11) is 0. The van der Waals surface area contributed by atoms with Gasteiger partial charge < -0.3 is 10.0 Å². The predicted molar refractivity (Wildman–Crippen MR) is 46.6 cm³/mol. The Morgan fingerprint density at radius 1 is 1.27 bits per heavy atom. The van der Waals surface area contributed by atoms with Crippen LogP contribution in [0.2, 0.25) is 0 Å². The highest BCUT2D eigenvalue weighted by Crippen LogP contribution is 2.21. The Labute approximate surface area is 69.2 Å². The third-order valence-electron chi connectivity index (χ3n) is 2.61. The third kappa shape index (κ3) is 2.46. The van der Waals surface area contributed by atoms with Crippen molar-refractivity contribution in [1.29, 1.82) is 0 Å². The molecule has 1 aliphatic rings. The molecule has 2 nitrogen and oxygen atoms in total. The molecule has 0 spiro atoms. The first kappa shape index (κ1) is 9.01. The minimum Gasteiger partial charge on any atom is -0.390 e. The van der Waals surface area contributed by atoms with Gasteiger partial charge in [0.25, 0.3) is 0 Å². The molecule has 1 fully saturated rings. The van der Waals surface area contributed by atoms with E-state index in [4.69, 9.17) is 0 Å². The molecule has 1 heterocycles. The zero-order valence-corrected chi connectivity index (χ0v) is 7.80. The van der Waals surface area contributed by atoms with Gasteiger partial charge in [0.1, 0.15) is 0 Å². The van der Waals surface area contributed by atoms with E-state index in [0.29, 0.717) is 6.04 Å². The lowest BCUT2D eigenvalue weighted by Gasteiger charge is -2.37. The number of rotatable bonds is 1. The summed E-state index contributed by atoms with van der Waals surface area (Å²) >= 11 is 0.